The number of sulfonamides is 1. The van der Waals surface area contributed by atoms with E-state index in [1.807, 2.05) is 45.9 Å². The quantitative estimate of drug-likeness (QED) is 0.380. The van der Waals surface area contributed by atoms with Crippen LogP contribution in [-0.2, 0) is 19.6 Å². The number of anilines is 1. The lowest BCUT2D eigenvalue weighted by Gasteiger charge is -2.36. The number of ether oxygens (including phenoxy) is 2. The third-order valence-electron chi connectivity index (χ3n) is 8.30. The Kier molecular flexibility index (Phi) is 9.93. The van der Waals surface area contributed by atoms with Crippen molar-refractivity contribution in [3.8, 4) is 17.1 Å². The van der Waals surface area contributed by atoms with Crippen molar-refractivity contribution in [2.75, 3.05) is 31.0 Å². The minimum Gasteiger partial charge on any atom is -0.475 e. The van der Waals surface area contributed by atoms with Crippen LogP contribution in [0.2, 0.25) is 0 Å². The van der Waals surface area contributed by atoms with Gasteiger partial charge in [0.25, 0.3) is 15.9 Å². The van der Waals surface area contributed by atoms with Crippen molar-refractivity contribution in [3.05, 3.63) is 65.2 Å². The number of rotatable bonds is 6. The largest absolute Gasteiger partial charge is 0.475 e. The highest BCUT2D eigenvalue weighted by Crippen LogP contribution is 2.31. The molecule has 2 aromatic carbocycles. The highest BCUT2D eigenvalue weighted by Gasteiger charge is 2.35. The molecule has 12 heteroatoms. The van der Waals surface area contributed by atoms with E-state index in [0.29, 0.717) is 25.2 Å². The van der Waals surface area contributed by atoms with Gasteiger partial charge in [0.15, 0.2) is 0 Å². The number of aryl methyl sites for hydroxylation is 2. The summed E-state index contributed by atoms with van der Waals surface area (Å²) in [6.45, 7) is 14.8. The molecule has 2 aliphatic heterocycles. The van der Waals surface area contributed by atoms with E-state index in [9.17, 15) is 18.0 Å². The topological polar surface area (TPSA) is 131 Å². The number of amides is 2. The van der Waals surface area contributed by atoms with Gasteiger partial charge in [0.1, 0.15) is 13.2 Å². The molecule has 4 bridgehead atoms. The Balaban J connectivity index is 1.59. The summed E-state index contributed by atoms with van der Waals surface area (Å²) in [4.78, 5) is 40.2. The van der Waals surface area contributed by atoms with Crippen molar-refractivity contribution in [1.82, 2.24) is 19.8 Å². The third-order valence-corrected chi connectivity index (χ3v) is 9.62. The van der Waals surface area contributed by atoms with Gasteiger partial charge in [-0.2, -0.15) is 4.98 Å². The number of nitrogens with zero attached hydrogens (tertiary/aromatic N) is 4. The molecule has 2 amide bonds. The second-order valence-corrected chi connectivity index (χ2v) is 15.6. The van der Waals surface area contributed by atoms with Gasteiger partial charge in [-0.3, -0.25) is 9.59 Å². The molecule has 11 nitrogen and oxygen atoms in total. The molecule has 1 fully saturated rings. The molecule has 252 valence electrons. The van der Waals surface area contributed by atoms with Gasteiger partial charge in [0, 0.05) is 30.3 Å². The summed E-state index contributed by atoms with van der Waals surface area (Å²) in [6.07, 6.45) is 1.20. The van der Waals surface area contributed by atoms with Crippen LogP contribution < -0.4 is 9.46 Å². The Labute approximate surface area is 277 Å². The first kappa shape index (κ1) is 34.3. The summed E-state index contributed by atoms with van der Waals surface area (Å²) in [5, 5.41) is 0. The number of hydrogen-bond acceptors (Lipinski definition) is 8. The van der Waals surface area contributed by atoms with Gasteiger partial charge < -0.3 is 19.3 Å². The fourth-order valence-electron chi connectivity index (χ4n) is 6.24. The predicted octanol–water partition coefficient (Wildman–Crippen LogP) is 5.23. The van der Waals surface area contributed by atoms with Gasteiger partial charge in [-0.1, -0.05) is 45.0 Å². The first-order valence-electron chi connectivity index (χ1n) is 16.1. The number of nitrogens with one attached hydrogen (secondary N) is 1. The van der Waals surface area contributed by atoms with Crippen LogP contribution in [0.25, 0.3) is 11.3 Å². The van der Waals surface area contributed by atoms with Crippen LogP contribution >= 0.6 is 0 Å². The number of carbonyl (C=O) groups excluding carboxylic acids is 2. The molecule has 1 aromatic heterocycles. The summed E-state index contributed by atoms with van der Waals surface area (Å²) in [7, 11) is -4.20. The molecule has 3 heterocycles. The monoisotopic (exact) mass is 663 g/mol. The van der Waals surface area contributed by atoms with Crippen LogP contribution in [0, 0.1) is 19.3 Å². The van der Waals surface area contributed by atoms with E-state index >= 15 is 0 Å². The minimum atomic E-state index is -4.20. The zero-order chi connectivity index (χ0) is 34.1. The number of aromatic nitrogens is 2. The van der Waals surface area contributed by atoms with Gasteiger partial charge in [0.05, 0.1) is 28.8 Å². The molecule has 0 radical (unpaired) electrons. The van der Waals surface area contributed by atoms with E-state index in [4.69, 9.17) is 9.47 Å². The molecule has 5 rings (SSSR count). The molecule has 0 spiro atoms. The van der Waals surface area contributed by atoms with Crippen molar-refractivity contribution < 1.29 is 27.5 Å². The first-order valence-corrected chi connectivity index (χ1v) is 17.5. The number of likely N-dealkylation sites (tertiary alicyclic amines) is 1. The first-order chi connectivity index (χ1) is 22.1. The highest BCUT2D eigenvalue weighted by molar-refractivity contribution is 7.92. The van der Waals surface area contributed by atoms with E-state index in [-0.39, 0.29) is 59.0 Å². The van der Waals surface area contributed by atoms with E-state index in [1.54, 1.807) is 17.0 Å². The van der Waals surface area contributed by atoms with Crippen LogP contribution in [-0.4, -0.2) is 84.5 Å². The summed E-state index contributed by atoms with van der Waals surface area (Å²) < 4.78 is 42.0. The van der Waals surface area contributed by atoms with Gasteiger partial charge in [-0.15, -0.1) is 0 Å². The smallest absolute Gasteiger partial charge is 0.264 e. The Morgan fingerprint density at radius 3 is 2.47 bits per heavy atom. The Morgan fingerprint density at radius 1 is 1.09 bits per heavy atom. The van der Waals surface area contributed by atoms with Crippen molar-refractivity contribution >= 4 is 27.8 Å². The lowest BCUT2D eigenvalue weighted by molar-refractivity contribution is -0.132. The maximum atomic E-state index is 14.3. The number of fused-ring (bicyclic) bond motifs is 4. The Morgan fingerprint density at radius 2 is 1.79 bits per heavy atom. The molecule has 2 atom stereocenters. The number of benzene rings is 2. The zero-order valence-electron chi connectivity index (χ0n) is 28.2. The normalized spacial score (nSPS) is 19.8. The average Bonchev–Trinajstić information content (AvgIpc) is 3.44. The lowest BCUT2D eigenvalue weighted by Crippen LogP contribution is -2.50. The minimum absolute atomic E-state index is 0.0183. The van der Waals surface area contributed by atoms with Crippen molar-refractivity contribution in [3.63, 3.8) is 0 Å². The van der Waals surface area contributed by atoms with E-state index in [2.05, 4.69) is 35.5 Å². The molecular formula is C35H45N5O6S. The zero-order valence-corrected chi connectivity index (χ0v) is 29.1. The van der Waals surface area contributed by atoms with Crippen LogP contribution in [0.4, 0.5) is 5.95 Å². The summed E-state index contributed by atoms with van der Waals surface area (Å²) in [5.74, 6) is -0.672. The molecule has 2 aliphatic rings. The standard InChI is InChI=1S/C35H45N5O6S/c1-22(2)46-27-14-15-39(19-27)31(41)20-40-26(18-35(5,6)7)21-45-30-17-29(32-23(3)10-8-11-24(32)4)36-34(37-30)38-47(43,44)28-13-9-12-25(16-28)33(40)42/h8-13,16-17,22,26-27H,14-15,18-21H2,1-7H3,(H,36,37,38)/t26-,27?/m1/s1. The fraction of sp³-hybridized carbons (Fsp3) is 0.486. The van der Waals surface area contributed by atoms with Crippen LogP contribution in [0.5, 0.6) is 5.88 Å². The summed E-state index contributed by atoms with van der Waals surface area (Å²) in [5.41, 5.74) is 3.14. The summed E-state index contributed by atoms with van der Waals surface area (Å²) >= 11 is 0. The molecular weight excluding hydrogens is 618 g/mol. The van der Waals surface area contributed by atoms with Gasteiger partial charge >= 0.3 is 0 Å². The van der Waals surface area contributed by atoms with Gasteiger partial charge in [0.2, 0.25) is 17.7 Å². The second kappa shape index (κ2) is 13.6. The van der Waals surface area contributed by atoms with Crippen LogP contribution in [0.3, 0.4) is 0 Å². The average molecular weight is 664 g/mol. The van der Waals surface area contributed by atoms with Crippen LogP contribution in [0.1, 0.15) is 68.9 Å². The highest BCUT2D eigenvalue weighted by atomic mass is 32.2. The molecule has 1 unspecified atom stereocenters. The third kappa shape index (κ3) is 8.28. The number of hydrogen-bond donors (Lipinski definition) is 1. The maximum absolute atomic E-state index is 14.3. The van der Waals surface area contributed by atoms with Crippen LogP contribution in [0.15, 0.2) is 53.4 Å². The van der Waals surface area contributed by atoms with Crippen molar-refractivity contribution in [2.24, 2.45) is 5.41 Å². The molecule has 3 aromatic rings. The molecule has 47 heavy (non-hydrogen) atoms. The lowest BCUT2D eigenvalue weighted by atomic mass is 9.87. The SMILES string of the molecule is Cc1cccc(C)c1-c1cc2nc(n1)NS(=O)(=O)c1cccc(c1)C(=O)N(CC(=O)N1CCC(OC(C)C)C1)[C@H](CC(C)(C)C)CO2. The molecule has 0 saturated carbocycles. The summed E-state index contributed by atoms with van der Waals surface area (Å²) in [6, 6.07) is 12.8. The van der Waals surface area contributed by atoms with E-state index in [1.165, 1.54) is 23.1 Å². The fourth-order valence-corrected chi connectivity index (χ4v) is 7.23. The molecule has 0 aliphatic carbocycles. The van der Waals surface area contributed by atoms with Crippen molar-refractivity contribution in [1.29, 1.82) is 0 Å². The number of carbonyl (C=O) groups is 2. The Hall–Kier alpha value is -4.03. The van der Waals surface area contributed by atoms with E-state index < -0.39 is 22.0 Å². The van der Waals surface area contributed by atoms with E-state index in [0.717, 1.165) is 23.1 Å². The van der Waals surface area contributed by atoms with Crippen molar-refractivity contribution in [2.45, 2.75) is 84.5 Å². The van der Waals surface area contributed by atoms with Gasteiger partial charge in [-0.25, -0.2) is 18.1 Å². The second-order valence-electron chi connectivity index (χ2n) is 13.9. The molecule has 1 N–H and O–H groups in total. The Bertz CT molecular complexity index is 1730. The predicted molar refractivity (Wildman–Crippen MR) is 180 cm³/mol. The molecule has 1 saturated heterocycles. The maximum Gasteiger partial charge on any atom is 0.264 e. The van der Waals surface area contributed by atoms with Gasteiger partial charge in [-0.05, 0) is 75.3 Å².